The predicted molar refractivity (Wildman–Crippen MR) is 55.7 cm³/mol. The van der Waals surface area contributed by atoms with Crippen LogP contribution in [0.3, 0.4) is 0 Å². The zero-order valence-corrected chi connectivity index (χ0v) is 8.72. The molecule has 1 aliphatic rings. The van der Waals surface area contributed by atoms with E-state index in [-0.39, 0.29) is 0 Å². The highest BCUT2D eigenvalue weighted by Crippen LogP contribution is 2.40. The van der Waals surface area contributed by atoms with Crippen molar-refractivity contribution < 1.29 is 0 Å². The topological polar surface area (TPSA) is 29.4 Å². The number of unbranched alkanes of at least 4 members (excludes halogenated alkanes) is 1. The molecule has 0 aromatic carbocycles. The Morgan fingerprint density at radius 3 is 2.46 bits per heavy atom. The molecule has 0 aromatic rings. The summed E-state index contributed by atoms with van der Waals surface area (Å²) in [6, 6.07) is 0. The first kappa shape index (κ1) is 10.7. The van der Waals surface area contributed by atoms with Crippen LogP contribution in [0.5, 0.6) is 0 Å². The van der Waals surface area contributed by atoms with Gasteiger partial charge in [-0.2, -0.15) is 4.91 Å². The van der Waals surface area contributed by atoms with Crippen LogP contribution in [0.25, 0.3) is 0 Å². The normalized spacial score (nSPS) is 21.3. The molecule has 0 spiro atoms. The van der Waals surface area contributed by atoms with Crippen LogP contribution in [-0.2, 0) is 0 Å². The van der Waals surface area contributed by atoms with Crippen molar-refractivity contribution in [2.24, 2.45) is 10.6 Å². The van der Waals surface area contributed by atoms with E-state index in [1.807, 2.05) is 0 Å². The monoisotopic (exact) mass is 183 g/mol. The lowest BCUT2D eigenvalue weighted by atomic mass is 9.71. The Kier molecular flexibility index (Phi) is 4.40. The summed E-state index contributed by atoms with van der Waals surface area (Å²) < 4.78 is 0. The fraction of sp³-hybridized carbons (Fsp3) is 1.00. The van der Waals surface area contributed by atoms with Gasteiger partial charge in [-0.15, -0.1) is 0 Å². The Hall–Kier alpha value is -0.400. The lowest BCUT2D eigenvalue weighted by molar-refractivity contribution is 0.178. The van der Waals surface area contributed by atoms with Crippen LogP contribution in [0.15, 0.2) is 5.18 Å². The molecule has 2 nitrogen and oxygen atoms in total. The van der Waals surface area contributed by atoms with E-state index in [9.17, 15) is 4.91 Å². The van der Waals surface area contributed by atoms with Crippen molar-refractivity contribution in [2.75, 3.05) is 6.54 Å². The lowest BCUT2D eigenvalue weighted by Gasteiger charge is -2.35. The van der Waals surface area contributed by atoms with Gasteiger partial charge in [0, 0.05) is 0 Å². The summed E-state index contributed by atoms with van der Waals surface area (Å²) in [6.45, 7) is 2.78. The van der Waals surface area contributed by atoms with Crippen LogP contribution in [0.1, 0.15) is 58.3 Å². The zero-order chi connectivity index (χ0) is 9.57. The standard InChI is InChI=1S/C11H21NO/c1-2-3-7-11(10-12-13)8-5-4-6-9-11/h2-10H2,1H3. The number of hydrogen-bond acceptors (Lipinski definition) is 2. The summed E-state index contributed by atoms with van der Waals surface area (Å²) in [5.41, 5.74) is 0.302. The molecule has 0 N–H and O–H groups in total. The van der Waals surface area contributed by atoms with E-state index < -0.39 is 0 Å². The number of rotatable bonds is 5. The highest BCUT2D eigenvalue weighted by atomic mass is 16.3. The molecule has 76 valence electrons. The molecule has 1 rings (SSSR count). The van der Waals surface area contributed by atoms with Crippen molar-refractivity contribution in [3.63, 3.8) is 0 Å². The zero-order valence-electron chi connectivity index (χ0n) is 8.72. The summed E-state index contributed by atoms with van der Waals surface area (Å²) in [5.74, 6) is 0. The minimum Gasteiger partial charge on any atom is -0.151 e. The van der Waals surface area contributed by atoms with E-state index in [1.165, 1.54) is 51.4 Å². The first-order chi connectivity index (χ1) is 6.33. The molecular weight excluding hydrogens is 162 g/mol. The molecule has 0 heterocycles. The van der Waals surface area contributed by atoms with Gasteiger partial charge < -0.3 is 0 Å². The lowest BCUT2D eigenvalue weighted by Crippen LogP contribution is -2.27. The maximum Gasteiger partial charge on any atom is 0.0867 e. The molecule has 0 aromatic heterocycles. The summed E-state index contributed by atoms with van der Waals surface area (Å²) in [5, 5.41) is 3.13. The Morgan fingerprint density at radius 2 is 1.92 bits per heavy atom. The molecule has 13 heavy (non-hydrogen) atoms. The highest BCUT2D eigenvalue weighted by Gasteiger charge is 2.31. The quantitative estimate of drug-likeness (QED) is 0.594. The van der Waals surface area contributed by atoms with Gasteiger partial charge in [-0.25, -0.2) is 0 Å². The van der Waals surface area contributed by atoms with E-state index in [0.717, 1.165) is 0 Å². The van der Waals surface area contributed by atoms with Gasteiger partial charge in [0.25, 0.3) is 0 Å². The molecule has 1 fully saturated rings. The second-order valence-electron chi connectivity index (χ2n) is 4.45. The van der Waals surface area contributed by atoms with Crippen molar-refractivity contribution >= 4 is 0 Å². The molecular formula is C11H21NO. The van der Waals surface area contributed by atoms with Crippen LogP contribution < -0.4 is 0 Å². The van der Waals surface area contributed by atoms with E-state index >= 15 is 0 Å². The average Bonchev–Trinajstić information content (AvgIpc) is 2.17. The van der Waals surface area contributed by atoms with Crippen molar-refractivity contribution in [1.29, 1.82) is 0 Å². The van der Waals surface area contributed by atoms with Gasteiger partial charge in [0.2, 0.25) is 0 Å². The summed E-state index contributed by atoms with van der Waals surface area (Å²) in [6.07, 6.45) is 10.1. The minimum absolute atomic E-state index is 0.302. The molecule has 0 saturated heterocycles. The Morgan fingerprint density at radius 1 is 1.23 bits per heavy atom. The van der Waals surface area contributed by atoms with E-state index in [4.69, 9.17) is 0 Å². The van der Waals surface area contributed by atoms with Gasteiger partial charge in [-0.05, 0) is 24.7 Å². The first-order valence-corrected chi connectivity index (χ1v) is 5.62. The number of hydrogen-bond donors (Lipinski definition) is 0. The third-order valence-electron chi connectivity index (χ3n) is 3.37. The van der Waals surface area contributed by atoms with Gasteiger partial charge >= 0.3 is 0 Å². The second-order valence-corrected chi connectivity index (χ2v) is 4.45. The first-order valence-electron chi connectivity index (χ1n) is 5.62. The fourth-order valence-corrected chi connectivity index (χ4v) is 2.48. The number of nitrogens with zero attached hydrogens (tertiary/aromatic N) is 1. The molecule has 1 aliphatic carbocycles. The average molecular weight is 183 g/mol. The van der Waals surface area contributed by atoms with Crippen molar-refractivity contribution in [2.45, 2.75) is 58.3 Å². The fourth-order valence-electron chi connectivity index (χ4n) is 2.48. The molecule has 1 saturated carbocycles. The Bertz CT molecular complexity index is 150. The molecule has 0 radical (unpaired) electrons. The van der Waals surface area contributed by atoms with Gasteiger partial charge in [0.15, 0.2) is 0 Å². The molecule has 0 atom stereocenters. The number of nitroso groups, excluding NO2 is 1. The second kappa shape index (κ2) is 5.36. The third-order valence-corrected chi connectivity index (χ3v) is 3.37. The summed E-state index contributed by atoms with van der Waals surface area (Å²) in [7, 11) is 0. The van der Waals surface area contributed by atoms with Crippen LogP contribution in [-0.4, -0.2) is 6.54 Å². The van der Waals surface area contributed by atoms with Gasteiger partial charge in [0.05, 0.1) is 6.54 Å². The smallest absolute Gasteiger partial charge is 0.0867 e. The SMILES string of the molecule is CCCCC1(CN=O)CCCCC1. The molecule has 2 heteroatoms. The summed E-state index contributed by atoms with van der Waals surface area (Å²) in [4.78, 5) is 10.4. The van der Waals surface area contributed by atoms with Crippen molar-refractivity contribution in [3.05, 3.63) is 4.91 Å². The van der Waals surface area contributed by atoms with Crippen molar-refractivity contribution in [3.8, 4) is 0 Å². The Labute approximate surface area is 81.1 Å². The van der Waals surface area contributed by atoms with Crippen LogP contribution in [0.4, 0.5) is 0 Å². The highest BCUT2D eigenvalue weighted by molar-refractivity contribution is 4.84. The van der Waals surface area contributed by atoms with E-state index in [1.54, 1.807) is 0 Å². The van der Waals surface area contributed by atoms with Gasteiger partial charge in [0.1, 0.15) is 0 Å². The van der Waals surface area contributed by atoms with Gasteiger partial charge in [-0.3, -0.25) is 0 Å². The van der Waals surface area contributed by atoms with Crippen molar-refractivity contribution in [1.82, 2.24) is 0 Å². The third kappa shape index (κ3) is 3.09. The maximum atomic E-state index is 10.4. The predicted octanol–water partition coefficient (Wildman–Crippen LogP) is 3.89. The van der Waals surface area contributed by atoms with Crippen LogP contribution in [0.2, 0.25) is 0 Å². The molecule has 0 amide bonds. The largest absolute Gasteiger partial charge is 0.151 e. The van der Waals surface area contributed by atoms with E-state index in [0.29, 0.717) is 12.0 Å². The molecule has 0 bridgehead atoms. The molecule has 0 unspecified atom stereocenters. The molecule has 0 aliphatic heterocycles. The Balaban J connectivity index is 2.45. The van der Waals surface area contributed by atoms with Crippen LogP contribution in [0, 0.1) is 10.3 Å². The van der Waals surface area contributed by atoms with E-state index in [2.05, 4.69) is 12.1 Å². The van der Waals surface area contributed by atoms with Crippen LogP contribution >= 0.6 is 0 Å². The summed E-state index contributed by atoms with van der Waals surface area (Å²) >= 11 is 0. The minimum atomic E-state index is 0.302. The van der Waals surface area contributed by atoms with Gasteiger partial charge in [-0.1, -0.05) is 44.2 Å². The maximum absolute atomic E-state index is 10.4.